The van der Waals surface area contributed by atoms with Crippen molar-refractivity contribution in [3.05, 3.63) is 78.0 Å². The first-order valence-electron chi connectivity index (χ1n) is 8.52. The van der Waals surface area contributed by atoms with E-state index < -0.39 is 0 Å². The van der Waals surface area contributed by atoms with Gasteiger partial charge in [-0.05, 0) is 49.0 Å². The molecule has 0 radical (unpaired) electrons. The molecule has 1 aliphatic rings. The van der Waals surface area contributed by atoms with E-state index in [-0.39, 0.29) is 0 Å². The molecule has 0 unspecified atom stereocenters. The quantitative estimate of drug-likeness (QED) is 0.621. The molecule has 5 heteroatoms. The van der Waals surface area contributed by atoms with Crippen molar-refractivity contribution in [1.82, 2.24) is 4.90 Å². The Balaban J connectivity index is 1.76. The molecule has 3 rings (SSSR count). The van der Waals surface area contributed by atoms with Crippen LogP contribution in [0.3, 0.4) is 0 Å². The first-order valence-corrected chi connectivity index (χ1v) is 8.52. The van der Waals surface area contributed by atoms with Crippen LogP contribution in [0.2, 0.25) is 0 Å². The summed E-state index contributed by atoms with van der Waals surface area (Å²) in [6.07, 6.45) is 1.74. The zero-order valence-corrected chi connectivity index (χ0v) is 14.9. The number of aliphatic imine (C=N–C) groups is 1. The summed E-state index contributed by atoms with van der Waals surface area (Å²) < 4.78 is 5.80. The second-order valence-electron chi connectivity index (χ2n) is 6.45. The molecule has 0 saturated carbocycles. The third-order valence-corrected chi connectivity index (χ3v) is 4.24. The molecule has 1 aliphatic heterocycles. The Morgan fingerprint density at radius 2 is 1.69 bits per heavy atom. The van der Waals surface area contributed by atoms with E-state index in [0.29, 0.717) is 23.0 Å². The molecule has 0 atom stereocenters. The number of likely N-dealkylation sites (N-methyl/N-ethyl adjacent to an activating group) is 1. The van der Waals surface area contributed by atoms with Crippen LogP contribution >= 0.6 is 0 Å². The Morgan fingerprint density at radius 3 is 2.27 bits per heavy atom. The molecule has 1 saturated heterocycles. The number of likely N-dealkylation sites (tertiary alicyclic amines) is 1. The number of hydrogen-bond donors (Lipinski definition) is 2. The van der Waals surface area contributed by atoms with Crippen molar-refractivity contribution in [3.8, 4) is 11.5 Å². The highest BCUT2D eigenvalue weighted by molar-refractivity contribution is 5.94. The molecular formula is C21H24N4O. The van der Waals surface area contributed by atoms with Gasteiger partial charge in [-0.2, -0.15) is 0 Å². The van der Waals surface area contributed by atoms with Crippen molar-refractivity contribution < 1.29 is 4.74 Å². The molecule has 1 fully saturated rings. The van der Waals surface area contributed by atoms with Crippen LogP contribution in [0.5, 0.6) is 11.5 Å². The number of hydrogen-bond acceptors (Lipinski definition) is 5. The summed E-state index contributed by atoms with van der Waals surface area (Å²) in [4.78, 5) is 6.76. The third kappa shape index (κ3) is 4.32. The fourth-order valence-electron chi connectivity index (χ4n) is 2.75. The van der Waals surface area contributed by atoms with Gasteiger partial charge < -0.3 is 21.1 Å². The van der Waals surface area contributed by atoms with Crippen LogP contribution in [-0.4, -0.2) is 37.3 Å². The van der Waals surface area contributed by atoms with Crippen LogP contribution in [-0.2, 0) is 0 Å². The largest absolute Gasteiger partial charge is 0.457 e. The van der Waals surface area contributed by atoms with Gasteiger partial charge in [0.25, 0.3) is 0 Å². The molecule has 1 heterocycles. The van der Waals surface area contributed by atoms with E-state index in [0.717, 1.165) is 30.2 Å². The summed E-state index contributed by atoms with van der Waals surface area (Å²) in [5, 5.41) is 0. The van der Waals surface area contributed by atoms with Crippen LogP contribution in [0.15, 0.2) is 77.4 Å². The van der Waals surface area contributed by atoms with Gasteiger partial charge in [-0.1, -0.05) is 24.8 Å². The first-order chi connectivity index (χ1) is 12.5. The second-order valence-corrected chi connectivity index (χ2v) is 6.45. The summed E-state index contributed by atoms with van der Waals surface area (Å²) >= 11 is 0. The Kier molecular flexibility index (Phi) is 5.39. The lowest BCUT2D eigenvalue weighted by atomic mass is 10.1. The normalized spacial score (nSPS) is 16.2. The van der Waals surface area contributed by atoms with Gasteiger partial charge in [0.05, 0.1) is 6.04 Å². The lowest BCUT2D eigenvalue weighted by Gasteiger charge is -2.33. The minimum atomic E-state index is 0.295. The summed E-state index contributed by atoms with van der Waals surface area (Å²) in [7, 11) is 2.07. The van der Waals surface area contributed by atoms with Gasteiger partial charge in [-0.25, -0.2) is 0 Å². The van der Waals surface area contributed by atoms with Gasteiger partial charge in [-0.3, -0.25) is 4.99 Å². The minimum Gasteiger partial charge on any atom is -0.457 e. The molecular weight excluding hydrogens is 324 g/mol. The van der Waals surface area contributed by atoms with Crippen LogP contribution in [0, 0.1) is 0 Å². The van der Waals surface area contributed by atoms with Crippen molar-refractivity contribution in [2.45, 2.75) is 6.04 Å². The number of rotatable bonds is 6. The maximum Gasteiger partial charge on any atom is 0.127 e. The molecule has 4 N–H and O–H groups in total. The Labute approximate surface area is 154 Å². The third-order valence-electron chi connectivity index (χ3n) is 4.24. The van der Waals surface area contributed by atoms with Crippen molar-refractivity contribution in [2.24, 2.45) is 16.5 Å². The summed E-state index contributed by atoms with van der Waals surface area (Å²) in [5.74, 6) is 1.53. The summed E-state index contributed by atoms with van der Waals surface area (Å²) in [6, 6.07) is 17.5. The minimum absolute atomic E-state index is 0.295. The van der Waals surface area contributed by atoms with Crippen LogP contribution in [0.25, 0.3) is 5.70 Å². The molecule has 0 amide bonds. The fraction of sp³-hybridized carbons (Fsp3) is 0.190. The van der Waals surface area contributed by atoms with Crippen molar-refractivity contribution in [3.63, 3.8) is 0 Å². The van der Waals surface area contributed by atoms with Gasteiger partial charge in [0, 0.05) is 36.3 Å². The summed E-state index contributed by atoms with van der Waals surface area (Å²) in [6.45, 7) is 5.73. The maximum atomic E-state index is 6.31. The molecule has 134 valence electrons. The van der Waals surface area contributed by atoms with E-state index in [1.165, 1.54) is 0 Å². The zero-order chi connectivity index (χ0) is 18.5. The standard InChI is InChI=1S/C21H24N4O/c1-15(22)20(12-24-17-13-25(2)14-17)21(23)16-8-10-19(11-9-16)26-18-6-4-3-5-7-18/h3-12,17H,1,13-14,22-23H2,2H3. The zero-order valence-electron chi connectivity index (χ0n) is 14.9. The van der Waals surface area contributed by atoms with E-state index in [2.05, 4.69) is 23.5 Å². The maximum absolute atomic E-state index is 6.31. The molecule has 0 bridgehead atoms. The summed E-state index contributed by atoms with van der Waals surface area (Å²) in [5.41, 5.74) is 14.7. The molecule has 26 heavy (non-hydrogen) atoms. The number of nitrogens with zero attached hydrogens (tertiary/aromatic N) is 2. The number of benzene rings is 2. The smallest absolute Gasteiger partial charge is 0.127 e. The predicted octanol–water partition coefficient (Wildman–Crippen LogP) is 3.01. The van der Waals surface area contributed by atoms with E-state index in [1.807, 2.05) is 54.6 Å². The molecule has 2 aromatic rings. The van der Waals surface area contributed by atoms with Gasteiger partial charge >= 0.3 is 0 Å². The van der Waals surface area contributed by atoms with E-state index in [1.54, 1.807) is 6.21 Å². The Hall–Kier alpha value is -3.05. The first kappa shape index (κ1) is 17.8. The van der Waals surface area contributed by atoms with Gasteiger partial charge in [0.15, 0.2) is 0 Å². The highest BCUT2D eigenvalue weighted by Crippen LogP contribution is 2.24. The number of para-hydroxylation sites is 1. The number of ether oxygens (including phenoxy) is 1. The Bertz CT molecular complexity index is 819. The van der Waals surface area contributed by atoms with Crippen molar-refractivity contribution in [2.75, 3.05) is 20.1 Å². The predicted molar refractivity (Wildman–Crippen MR) is 107 cm³/mol. The van der Waals surface area contributed by atoms with E-state index in [9.17, 15) is 0 Å². The van der Waals surface area contributed by atoms with E-state index in [4.69, 9.17) is 16.2 Å². The average molecular weight is 348 g/mol. The highest BCUT2D eigenvalue weighted by atomic mass is 16.5. The average Bonchev–Trinajstić information content (AvgIpc) is 2.61. The van der Waals surface area contributed by atoms with Gasteiger partial charge in [0.2, 0.25) is 0 Å². The monoisotopic (exact) mass is 348 g/mol. The Morgan fingerprint density at radius 1 is 1.08 bits per heavy atom. The molecule has 0 spiro atoms. The second kappa shape index (κ2) is 7.89. The lowest BCUT2D eigenvalue weighted by molar-refractivity contribution is 0.194. The lowest BCUT2D eigenvalue weighted by Crippen LogP contribution is -2.47. The SMILES string of the molecule is C=C(N)C(C=NC1CN(C)C1)=C(N)c1ccc(Oc2ccccc2)cc1. The van der Waals surface area contributed by atoms with Crippen LogP contribution in [0.1, 0.15) is 5.56 Å². The molecule has 2 aromatic carbocycles. The van der Waals surface area contributed by atoms with Crippen molar-refractivity contribution >= 4 is 11.9 Å². The van der Waals surface area contributed by atoms with E-state index >= 15 is 0 Å². The van der Waals surface area contributed by atoms with Crippen molar-refractivity contribution in [1.29, 1.82) is 0 Å². The van der Waals surface area contributed by atoms with Crippen LogP contribution in [0.4, 0.5) is 0 Å². The fourth-order valence-corrected chi connectivity index (χ4v) is 2.75. The molecule has 5 nitrogen and oxygen atoms in total. The van der Waals surface area contributed by atoms with Crippen LogP contribution < -0.4 is 16.2 Å². The highest BCUT2D eigenvalue weighted by Gasteiger charge is 2.21. The van der Waals surface area contributed by atoms with Gasteiger partial charge in [0.1, 0.15) is 11.5 Å². The van der Waals surface area contributed by atoms with Gasteiger partial charge in [-0.15, -0.1) is 0 Å². The number of nitrogens with two attached hydrogens (primary N) is 2. The number of allylic oxidation sites excluding steroid dienone is 1. The molecule has 0 aromatic heterocycles. The topological polar surface area (TPSA) is 76.9 Å². The molecule has 0 aliphatic carbocycles.